The quantitative estimate of drug-likeness (QED) is 0.237. The highest BCUT2D eigenvalue weighted by Gasteiger charge is 2.55. The van der Waals surface area contributed by atoms with E-state index >= 15 is 0 Å². The lowest BCUT2D eigenvalue weighted by Crippen LogP contribution is -2.43. The molecule has 0 aromatic carbocycles. The van der Waals surface area contributed by atoms with Crippen molar-refractivity contribution in [2.24, 2.45) is 0 Å². The maximum absolute atomic E-state index is 14.9. The number of aromatic nitrogens is 4. The van der Waals surface area contributed by atoms with E-state index in [0.717, 1.165) is 17.8 Å². The predicted octanol–water partition coefficient (Wildman–Crippen LogP) is -0.242. The number of phosphoric acid groups is 3. The Kier molecular flexibility index (Phi) is 6.90. The number of aryl methyl sites for hydroxylation is 1. The van der Waals surface area contributed by atoms with Gasteiger partial charge in [-0.15, -0.1) is 0 Å². The minimum Gasteiger partial charge on any atom is -0.387 e. The number of imidazole rings is 1. The van der Waals surface area contributed by atoms with Crippen LogP contribution in [0.1, 0.15) is 19.0 Å². The highest BCUT2D eigenvalue weighted by atomic mass is 31.3. The van der Waals surface area contributed by atoms with Crippen LogP contribution in [0.3, 0.4) is 0 Å². The lowest BCUT2D eigenvalue weighted by Gasteiger charge is -2.27. The fourth-order valence-electron chi connectivity index (χ4n) is 2.97. The summed E-state index contributed by atoms with van der Waals surface area (Å²) in [6.07, 6.45) is -4.76. The second-order valence-electron chi connectivity index (χ2n) is 7.05. The molecule has 2 unspecified atom stereocenters. The number of halogens is 1. The standard InChI is InChI=1S/C12H18FN4O13P3/c1-5-15-9-7(10(19)16-5)14-4-17(9)11-6(13)8(18)12(2,28-11)3-27-32(23,24)30-33(25,26)29-31(20,21)22/h4,6,8,11,18H,3H2,1-2H3,(H,23,24)(H,25,26)(H,15,16,19)(H2,20,21,22)/t6-,8+,11-,12-/m1/s1. The summed E-state index contributed by atoms with van der Waals surface area (Å²) in [6.45, 7) is 1.43. The van der Waals surface area contributed by atoms with Gasteiger partial charge < -0.3 is 34.4 Å². The van der Waals surface area contributed by atoms with Crippen LogP contribution in [0.2, 0.25) is 0 Å². The van der Waals surface area contributed by atoms with Gasteiger partial charge in [-0.3, -0.25) is 13.9 Å². The number of alkyl halides is 1. The molecular weight excluding hydrogens is 520 g/mol. The first-order valence-corrected chi connectivity index (χ1v) is 13.2. The van der Waals surface area contributed by atoms with Gasteiger partial charge in [0, 0.05) is 0 Å². The molecule has 2 aromatic heterocycles. The molecule has 0 aliphatic carbocycles. The number of H-pyrrole nitrogens is 1. The van der Waals surface area contributed by atoms with Crippen LogP contribution in [0.15, 0.2) is 11.1 Å². The molecule has 1 aliphatic heterocycles. The number of phosphoric ester groups is 1. The highest BCUT2D eigenvalue weighted by Crippen LogP contribution is 2.66. The van der Waals surface area contributed by atoms with Crippen LogP contribution in [0, 0.1) is 6.92 Å². The van der Waals surface area contributed by atoms with Gasteiger partial charge >= 0.3 is 23.5 Å². The molecular formula is C12H18FN4O13P3. The van der Waals surface area contributed by atoms with Crippen molar-refractivity contribution in [3.8, 4) is 0 Å². The number of aliphatic hydroxyl groups excluding tert-OH is 1. The average Bonchev–Trinajstić information content (AvgIpc) is 3.12. The molecule has 17 nitrogen and oxygen atoms in total. The van der Waals surface area contributed by atoms with Crippen molar-refractivity contribution in [3.05, 3.63) is 22.5 Å². The smallest absolute Gasteiger partial charge is 0.387 e. The number of aromatic amines is 1. The van der Waals surface area contributed by atoms with Crippen molar-refractivity contribution in [2.45, 2.75) is 38.0 Å². The van der Waals surface area contributed by atoms with E-state index in [4.69, 9.17) is 19.4 Å². The lowest BCUT2D eigenvalue weighted by atomic mass is 9.99. The first kappa shape index (κ1) is 26.2. The van der Waals surface area contributed by atoms with E-state index in [9.17, 15) is 32.9 Å². The number of hydrogen-bond donors (Lipinski definition) is 6. The summed E-state index contributed by atoms with van der Waals surface area (Å²) in [7, 11) is -16.9. The molecule has 33 heavy (non-hydrogen) atoms. The summed E-state index contributed by atoms with van der Waals surface area (Å²) in [5.41, 5.74) is -2.89. The summed E-state index contributed by atoms with van der Waals surface area (Å²) in [4.78, 5) is 58.0. The Bertz CT molecular complexity index is 1260. The third kappa shape index (κ3) is 5.82. The molecule has 1 saturated heterocycles. The highest BCUT2D eigenvalue weighted by molar-refractivity contribution is 7.66. The van der Waals surface area contributed by atoms with Gasteiger partial charge in [0.1, 0.15) is 17.5 Å². The zero-order valence-corrected chi connectivity index (χ0v) is 19.3. The fourth-order valence-corrected chi connectivity index (χ4v) is 6.08. The summed E-state index contributed by atoms with van der Waals surface area (Å²) in [5.74, 6) is 0.179. The number of rotatable bonds is 8. The summed E-state index contributed by atoms with van der Waals surface area (Å²) < 4.78 is 66.9. The Morgan fingerprint density at radius 1 is 1.24 bits per heavy atom. The largest absolute Gasteiger partial charge is 0.490 e. The van der Waals surface area contributed by atoms with E-state index in [1.165, 1.54) is 6.92 Å². The monoisotopic (exact) mass is 538 g/mol. The number of fused-ring (bicyclic) bond motifs is 1. The van der Waals surface area contributed by atoms with Crippen LogP contribution < -0.4 is 5.56 Å². The van der Waals surface area contributed by atoms with Crippen LogP contribution in [-0.2, 0) is 31.6 Å². The number of hydrogen-bond acceptors (Lipinski definition) is 11. The van der Waals surface area contributed by atoms with Crippen molar-refractivity contribution in [1.29, 1.82) is 0 Å². The van der Waals surface area contributed by atoms with E-state index in [-0.39, 0.29) is 17.0 Å². The Morgan fingerprint density at radius 2 is 1.88 bits per heavy atom. The maximum Gasteiger partial charge on any atom is 0.490 e. The van der Waals surface area contributed by atoms with Crippen LogP contribution in [0.4, 0.5) is 4.39 Å². The Labute approximate surface area is 182 Å². The van der Waals surface area contributed by atoms with Gasteiger partial charge in [-0.1, -0.05) is 0 Å². The van der Waals surface area contributed by atoms with Crippen molar-refractivity contribution < 1.29 is 60.6 Å². The first-order chi connectivity index (χ1) is 14.9. The molecule has 6 N–H and O–H groups in total. The van der Waals surface area contributed by atoms with Gasteiger partial charge in [-0.05, 0) is 13.8 Å². The Balaban J connectivity index is 1.79. The van der Waals surface area contributed by atoms with Gasteiger partial charge in [0.15, 0.2) is 23.6 Å². The third-order valence-electron chi connectivity index (χ3n) is 4.34. The lowest BCUT2D eigenvalue weighted by molar-refractivity contribution is -0.113. The van der Waals surface area contributed by atoms with Crippen molar-refractivity contribution >= 4 is 34.6 Å². The molecule has 0 saturated carbocycles. The van der Waals surface area contributed by atoms with Crippen LogP contribution in [0.25, 0.3) is 11.2 Å². The SMILES string of the molecule is Cc1nc2c(ncn2[C@@H]2O[C@](C)(COP(=O)(O)OP(=O)(O)OP(=O)(O)O)[C@@H](O)[C@H]2F)c(=O)[nH]1. The Hall–Kier alpha value is -1.39. The minimum atomic E-state index is -5.77. The Morgan fingerprint density at radius 3 is 2.48 bits per heavy atom. The summed E-state index contributed by atoms with van der Waals surface area (Å²) >= 11 is 0. The normalized spacial score (nSPS) is 29.8. The molecule has 1 aliphatic rings. The molecule has 3 rings (SSSR count). The molecule has 186 valence electrons. The van der Waals surface area contributed by atoms with Gasteiger partial charge in [-0.25, -0.2) is 28.1 Å². The number of ether oxygens (including phenoxy) is 1. The van der Waals surface area contributed by atoms with E-state index < -0.39 is 59.7 Å². The molecule has 0 spiro atoms. The molecule has 6 atom stereocenters. The van der Waals surface area contributed by atoms with Crippen molar-refractivity contribution in [3.63, 3.8) is 0 Å². The molecule has 1 fully saturated rings. The molecule has 0 radical (unpaired) electrons. The van der Waals surface area contributed by atoms with Gasteiger partial charge in [0.05, 0.1) is 12.9 Å². The average molecular weight is 538 g/mol. The number of aliphatic hydroxyl groups is 1. The summed E-state index contributed by atoms with van der Waals surface area (Å²) in [6, 6.07) is 0. The van der Waals surface area contributed by atoms with Crippen molar-refractivity contribution in [2.75, 3.05) is 6.61 Å². The molecule has 21 heteroatoms. The number of nitrogens with zero attached hydrogens (tertiary/aromatic N) is 3. The maximum atomic E-state index is 14.9. The second-order valence-corrected chi connectivity index (χ2v) is 11.5. The third-order valence-corrected chi connectivity index (χ3v) is 8.13. The zero-order chi connectivity index (χ0) is 25.0. The van der Waals surface area contributed by atoms with E-state index in [0.29, 0.717) is 0 Å². The minimum absolute atomic E-state index is 0.0757. The van der Waals surface area contributed by atoms with Crippen molar-refractivity contribution in [1.82, 2.24) is 19.5 Å². The van der Waals surface area contributed by atoms with E-state index in [1.54, 1.807) is 0 Å². The van der Waals surface area contributed by atoms with Crippen LogP contribution in [-0.4, -0.2) is 68.7 Å². The number of nitrogens with one attached hydrogen (secondary N) is 1. The van der Waals surface area contributed by atoms with Crippen LogP contribution >= 0.6 is 23.5 Å². The molecule has 0 amide bonds. The second kappa shape index (κ2) is 8.68. The van der Waals surface area contributed by atoms with E-state index in [1.807, 2.05) is 0 Å². The van der Waals surface area contributed by atoms with Crippen LogP contribution in [0.5, 0.6) is 0 Å². The fraction of sp³-hybridized carbons (Fsp3) is 0.583. The molecule has 3 heterocycles. The summed E-state index contributed by atoms with van der Waals surface area (Å²) in [5, 5.41) is 10.3. The first-order valence-electron chi connectivity index (χ1n) is 8.65. The van der Waals surface area contributed by atoms with Gasteiger partial charge in [-0.2, -0.15) is 8.62 Å². The predicted molar refractivity (Wildman–Crippen MR) is 102 cm³/mol. The molecule has 2 aromatic rings. The van der Waals surface area contributed by atoms with E-state index in [2.05, 4.69) is 28.1 Å². The van der Waals surface area contributed by atoms with Gasteiger partial charge in [0.2, 0.25) is 0 Å². The van der Waals surface area contributed by atoms with Gasteiger partial charge in [0.25, 0.3) is 5.56 Å². The topological polar surface area (TPSA) is 253 Å². The molecule has 0 bridgehead atoms. The zero-order valence-electron chi connectivity index (χ0n) is 16.6.